The summed E-state index contributed by atoms with van der Waals surface area (Å²) in [6.07, 6.45) is 2.70. The highest BCUT2D eigenvalue weighted by Crippen LogP contribution is 2.37. The quantitative estimate of drug-likeness (QED) is 0.623. The van der Waals surface area contributed by atoms with Crippen molar-refractivity contribution in [3.05, 3.63) is 0 Å². The second-order valence-electron chi connectivity index (χ2n) is 3.02. The molecule has 1 saturated carbocycles. The standard InChI is InChI=1S/C6H12N2.2ClH/c1-7-6-2-5(3-6)8-4-6;;/h5,7-8H,2-4H2,1H3;2*1H. The van der Waals surface area contributed by atoms with E-state index in [1.807, 2.05) is 0 Å². The summed E-state index contributed by atoms with van der Waals surface area (Å²) in [7, 11) is 2.06. The van der Waals surface area contributed by atoms with Gasteiger partial charge in [0.15, 0.2) is 0 Å². The summed E-state index contributed by atoms with van der Waals surface area (Å²) in [6.45, 7) is 1.19. The van der Waals surface area contributed by atoms with Gasteiger partial charge in [-0.1, -0.05) is 0 Å². The van der Waals surface area contributed by atoms with E-state index in [4.69, 9.17) is 0 Å². The molecule has 2 N–H and O–H groups in total. The van der Waals surface area contributed by atoms with Gasteiger partial charge in [-0.25, -0.2) is 0 Å². The Balaban J connectivity index is 0.000000405. The van der Waals surface area contributed by atoms with Crippen LogP contribution in [0.2, 0.25) is 0 Å². The first-order valence-electron chi connectivity index (χ1n) is 3.27. The lowest BCUT2D eigenvalue weighted by molar-refractivity contribution is 0.256. The maximum atomic E-state index is 3.42. The molecule has 2 nitrogen and oxygen atoms in total. The lowest BCUT2D eigenvalue weighted by Crippen LogP contribution is -2.50. The highest BCUT2D eigenvalue weighted by molar-refractivity contribution is 5.85. The lowest BCUT2D eigenvalue weighted by atomic mass is 9.78. The number of halogens is 2. The van der Waals surface area contributed by atoms with E-state index >= 15 is 0 Å². The molecule has 0 radical (unpaired) electrons. The zero-order valence-electron chi connectivity index (χ0n) is 6.02. The van der Waals surface area contributed by atoms with Crippen molar-refractivity contribution >= 4 is 24.8 Å². The molecule has 0 atom stereocenters. The first kappa shape index (κ1) is 10.5. The van der Waals surface area contributed by atoms with E-state index in [1.54, 1.807) is 0 Å². The van der Waals surface area contributed by atoms with Gasteiger partial charge in [-0.05, 0) is 19.9 Å². The predicted molar refractivity (Wildman–Crippen MR) is 47.3 cm³/mol. The fourth-order valence-electron chi connectivity index (χ4n) is 1.80. The van der Waals surface area contributed by atoms with Crippen LogP contribution in [-0.4, -0.2) is 25.2 Å². The summed E-state index contributed by atoms with van der Waals surface area (Å²) in [5.41, 5.74) is 0.519. The molecule has 3 aliphatic rings. The van der Waals surface area contributed by atoms with Crippen LogP contribution in [0.5, 0.6) is 0 Å². The van der Waals surface area contributed by atoms with Crippen LogP contribution in [0.3, 0.4) is 0 Å². The van der Waals surface area contributed by atoms with Crippen molar-refractivity contribution in [2.24, 2.45) is 0 Å². The van der Waals surface area contributed by atoms with Crippen LogP contribution in [0.4, 0.5) is 0 Å². The Kier molecular flexibility index (Phi) is 3.43. The van der Waals surface area contributed by atoms with Gasteiger partial charge >= 0.3 is 0 Å². The molecule has 0 spiro atoms. The molecule has 1 aliphatic carbocycles. The monoisotopic (exact) mass is 184 g/mol. The van der Waals surface area contributed by atoms with Crippen LogP contribution in [-0.2, 0) is 0 Å². The van der Waals surface area contributed by atoms with E-state index in [1.165, 1.54) is 19.4 Å². The minimum Gasteiger partial charge on any atom is -0.313 e. The van der Waals surface area contributed by atoms with Crippen LogP contribution in [0.1, 0.15) is 12.8 Å². The molecule has 2 heterocycles. The minimum absolute atomic E-state index is 0. The molecule has 3 rings (SSSR count). The maximum absolute atomic E-state index is 3.42. The second kappa shape index (κ2) is 3.26. The van der Waals surface area contributed by atoms with Crippen molar-refractivity contribution in [2.45, 2.75) is 24.4 Å². The van der Waals surface area contributed by atoms with Crippen LogP contribution in [0, 0.1) is 0 Å². The Bertz CT molecular complexity index is 107. The lowest BCUT2D eigenvalue weighted by Gasteiger charge is -2.36. The molecule has 2 bridgehead atoms. The molecular formula is C6H14Cl2N2. The highest BCUT2D eigenvalue weighted by atomic mass is 35.5. The highest BCUT2D eigenvalue weighted by Gasteiger charge is 2.48. The molecule has 0 unspecified atom stereocenters. The van der Waals surface area contributed by atoms with Crippen LogP contribution in [0.15, 0.2) is 0 Å². The average molecular weight is 185 g/mol. The van der Waals surface area contributed by atoms with E-state index in [0.29, 0.717) is 5.54 Å². The topological polar surface area (TPSA) is 24.1 Å². The van der Waals surface area contributed by atoms with Gasteiger partial charge in [0.25, 0.3) is 0 Å². The number of hydrogen-bond donors (Lipinski definition) is 2. The smallest absolute Gasteiger partial charge is 0.0333 e. The molecular weight excluding hydrogens is 171 g/mol. The summed E-state index contributed by atoms with van der Waals surface area (Å²) in [5.74, 6) is 0. The molecule has 0 amide bonds. The molecule has 62 valence electrons. The first-order valence-corrected chi connectivity index (χ1v) is 3.27. The zero-order chi connectivity index (χ0) is 5.61. The van der Waals surface area contributed by atoms with E-state index in [0.717, 1.165) is 6.04 Å². The molecule has 0 aromatic rings. The summed E-state index contributed by atoms with van der Waals surface area (Å²) < 4.78 is 0. The number of nitrogens with one attached hydrogen (secondary N) is 2. The van der Waals surface area contributed by atoms with E-state index in [9.17, 15) is 0 Å². The van der Waals surface area contributed by atoms with E-state index in [2.05, 4.69) is 17.7 Å². The molecule has 4 heteroatoms. The van der Waals surface area contributed by atoms with Crippen molar-refractivity contribution in [1.82, 2.24) is 10.6 Å². The summed E-state index contributed by atoms with van der Waals surface area (Å²) >= 11 is 0. The Labute approximate surface area is 74.0 Å². The van der Waals surface area contributed by atoms with Gasteiger partial charge in [0.05, 0.1) is 0 Å². The van der Waals surface area contributed by atoms with Gasteiger partial charge < -0.3 is 10.6 Å². The summed E-state index contributed by atoms with van der Waals surface area (Å²) in [5, 5.41) is 6.77. The van der Waals surface area contributed by atoms with Crippen LogP contribution < -0.4 is 10.6 Å². The largest absolute Gasteiger partial charge is 0.313 e. The number of rotatable bonds is 1. The Morgan fingerprint density at radius 3 is 2.20 bits per heavy atom. The molecule has 2 saturated heterocycles. The van der Waals surface area contributed by atoms with Gasteiger partial charge in [0.1, 0.15) is 0 Å². The van der Waals surface area contributed by atoms with Gasteiger partial charge in [0, 0.05) is 18.1 Å². The van der Waals surface area contributed by atoms with E-state index in [-0.39, 0.29) is 24.8 Å². The van der Waals surface area contributed by atoms with Crippen molar-refractivity contribution in [3.63, 3.8) is 0 Å². The fourth-order valence-corrected chi connectivity index (χ4v) is 1.80. The van der Waals surface area contributed by atoms with Gasteiger partial charge in [0.2, 0.25) is 0 Å². The maximum Gasteiger partial charge on any atom is 0.0333 e. The minimum atomic E-state index is 0. The van der Waals surface area contributed by atoms with Crippen molar-refractivity contribution < 1.29 is 0 Å². The van der Waals surface area contributed by atoms with Gasteiger partial charge in [-0.3, -0.25) is 0 Å². The van der Waals surface area contributed by atoms with Crippen molar-refractivity contribution in [2.75, 3.05) is 13.6 Å². The first-order chi connectivity index (χ1) is 3.85. The third kappa shape index (κ3) is 1.26. The van der Waals surface area contributed by atoms with Crippen LogP contribution in [0.25, 0.3) is 0 Å². The third-order valence-electron chi connectivity index (χ3n) is 2.53. The third-order valence-corrected chi connectivity index (χ3v) is 2.53. The Hall–Kier alpha value is 0.500. The van der Waals surface area contributed by atoms with Crippen molar-refractivity contribution in [3.8, 4) is 0 Å². The second-order valence-corrected chi connectivity index (χ2v) is 3.02. The number of likely N-dealkylation sites (N-methyl/N-ethyl adjacent to an activating group) is 1. The number of hydrogen-bond acceptors (Lipinski definition) is 2. The average Bonchev–Trinajstić information content (AvgIpc) is 2.17. The fraction of sp³-hybridized carbons (Fsp3) is 1.00. The molecule has 0 aromatic heterocycles. The van der Waals surface area contributed by atoms with Gasteiger partial charge in [-0.15, -0.1) is 24.8 Å². The van der Waals surface area contributed by atoms with E-state index < -0.39 is 0 Å². The summed E-state index contributed by atoms with van der Waals surface area (Å²) in [4.78, 5) is 0. The SMILES string of the molecule is CNC12CNC(C1)C2.Cl.Cl. The molecule has 2 aliphatic heterocycles. The predicted octanol–water partition coefficient (Wildman–Crippen LogP) is 0.554. The normalized spacial score (nSPS) is 41.1. The molecule has 3 fully saturated rings. The Morgan fingerprint density at radius 2 is 2.00 bits per heavy atom. The summed E-state index contributed by atoms with van der Waals surface area (Å²) in [6, 6.07) is 0.849. The molecule has 0 aromatic carbocycles. The van der Waals surface area contributed by atoms with Crippen molar-refractivity contribution in [1.29, 1.82) is 0 Å². The zero-order valence-corrected chi connectivity index (χ0v) is 7.65. The number of fused-ring (bicyclic) bond motifs is 1. The van der Waals surface area contributed by atoms with Crippen LogP contribution >= 0.6 is 24.8 Å². The Morgan fingerprint density at radius 1 is 1.40 bits per heavy atom. The van der Waals surface area contributed by atoms with Gasteiger partial charge in [-0.2, -0.15) is 0 Å². The molecule has 10 heavy (non-hydrogen) atoms.